The predicted molar refractivity (Wildman–Crippen MR) is 258 cm³/mol. The molecule has 10 aromatic rings. The van der Waals surface area contributed by atoms with Gasteiger partial charge in [-0.15, -0.1) is 0 Å². The molecule has 0 saturated carbocycles. The molecule has 292 valence electrons. The van der Waals surface area contributed by atoms with Crippen molar-refractivity contribution in [2.45, 2.75) is 12.3 Å². The van der Waals surface area contributed by atoms with Crippen LogP contribution < -0.4 is 9.64 Å². The number of ether oxygens (including phenoxy) is 1. The summed E-state index contributed by atoms with van der Waals surface area (Å²) in [6, 6.07) is 83.8. The predicted octanol–water partition coefficient (Wildman–Crippen LogP) is 16.4. The SMILES string of the molecule is CC1(c2cccc(N(c3ccc(-c4ccc(-c5ccccc5)cc4)cc3)c3cccc(-c4ccc5c(c4)-c4cccc6cccc(c46)O5)c3)c2)c2ccccc2-c2ccccc21. The van der Waals surface area contributed by atoms with Crippen LogP contribution in [-0.4, -0.2) is 0 Å². The molecule has 2 heteroatoms. The standard InChI is InChI=1S/C60H41NO/c1-60(55-24-7-5-21-51(55)52-22-6-8-25-56(52)60)47-18-12-20-50(39-47)61(48-34-31-43(32-35-48)42-29-27-41(28-30-42)40-13-3-2-4-14-40)49-19-9-17-45(37-49)46-33-36-57-54(38-46)53-23-10-15-44-16-11-26-58(62-57)59(44)53/h2-39H,1H3. The Morgan fingerprint density at radius 3 is 1.56 bits per heavy atom. The third kappa shape index (κ3) is 5.79. The van der Waals surface area contributed by atoms with Crippen molar-refractivity contribution >= 4 is 27.8 Å². The Hall–Kier alpha value is -7.94. The molecule has 2 aliphatic rings. The molecule has 0 atom stereocenters. The third-order valence-electron chi connectivity index (χ3n) is 13.1. The van der Waals surface area contributed by atoms with E-state index in [0.29, 0.717) is 0 Å². The summed E-state index contributed by atoms with van der Waals surface area (Å²) in [7, 11) is 0. The van der Waals surface area contributed by atoms with E-state index in [1.807, 2.05) is 0 Å². The van der Waals surface area contributed by atoms with Gasteiger partial charge in [-0.3, -0.25) is 0 Å². The van der Waals surface area contributed by atoms with Gasteiger partial charge in [0, 0.05) is 33.4 Å². The van der Waals surface area contributed by atoms with Crippen LogP contribution in [-0.2, 0) is 5.41 Å². The monoisotopic (exact) mass is 791 g/mol. The van der Waals surface area contributed by atoms with Gasteiger partial charge in [-0.2, -0.15) is 0 Å². The van der Waals surface area contributed by atoms with Gasteiger partial charge in [0.05, 0.1) is 0 Å². The average molecular weight is 792 g/mol. The molecule has 0 spiro atoms. The molecule has 2 nitrogen and oxygen atoms in total. The molecule has 1 aliphatic heterocycles. The Balaban J connectivity index is 0.971. The fourth-order valence-electron chi connectivity index (χ4n) is 10.0. The van der Waals surface area contributed by atoms with Crippen LogP contribution in [0.15, 0.2) is 231 Å². The third-order valence-corrected chi connectivity index (χ3v) is 13.1. The van der Waals surface area contributed by atoms with Crippen molar-refractivity contribution in [3.05, 3.63) is 247 Å². The first kappa shape index (κ1) is 36.0. The van der Waals surface area contributed by atoms with Gasteiger partial charge in [0.1, 0.15) is 11.5 Å². The van der Waals surface area contributed by atoms with E-state index in [1.165, 1.54) is 61.0 Å². The van der Waals surface area contributed by atoms with E-state index < -0.39 is 0 Å². The van der Waals surface area contributed by atoms with Crippen LogP contribution in [0.2, 0.25) is 0 Å². The lowest BCUT2D eigenvalue weighted by Crippen LogP contribution is -2.23. The van der Waals surface area contributed by atoms with E-state index >= 15 is 0 Å². The average Bonchev–Trinajstić information content (AvgIpc) is 3.61. The van der Waals surface area contributed by atoms with E-state index in [1.54, 1.807) is 0 Å². The second-order valence-corrected chi connectivity index (χ2v) is 16.6. The van der Waals surface area contributed by atoms with Crippen LogP contribution in [0.3, 0.4) is 0 Å². The number of hydrogen-bond donors (Lipinski definition) is 0. The normalized spacial score (nSPS) is 12.9. The quantitative estimate of drug-likeness (QED) is 0.159. The van der Waals surface area contributed by atoms with Gasteiger partial charge in [-0.25, -0.2) is 0 Å². The summed E-state index contributed by atoms with van der Waals surface area (Å²) in [5.74, 6) is 1.79. The first-order chi connectivity index (χ1) is 30.6. The first-order valence-corrected chi connectivity index (χ1v) is 21.4. The maximum atomic E-state index is 6.48. The van der Waals surface area contributed by atoms with E-state index in [9.17, 15) is 0 Å². The van der Waals surface area contributed by atoms with Crippen molar-refractivity contribution in [3.8, 4) is 67.1 Å². The van der Waals surface area contributed by atoms with Gasteiger partial charge < -0.3 is 9.64 Å². The summed E-state index contributed by atoms with van der Waals surface area (Å²) in [5.41, 5.74) is 18.9. The van der Waals surface area contributed by atoms with E-state index in [-0.39, 0.29) is 5.41 Å². The molecule has 0 aromatic heterocycles. The highest BCUT2D eigenvalue weighted by Gasteiger charge is 2.40. The number of anilines is 3. The summed E-state index contributed by atoms with van der Waals surface area (Å²) in [6.07, 6.45) is 0. The summed E-state index contributed by atoms with van der Waals surface area (Å²) in [4.78, 5) is 2.41. The molecule has 0 saturated heterocycles. The van der Waals surface area contributed by atoms with E-state index in [0.717, 1.165) is 50.6 Å². The highest BCUT2D eigenvalue weighted by Crippen LogP contribution is 2.53. The number of fused-ring (bicyclic) bond motifs is 5. The van der Waals surface area contributed by atoms with Gasteiger partial charge in [-0.05, 0) is 134 Å². The second-order valence-electron chi connectivity index (χ2n) is 16.6. The highest BCUT2D eigenvalue weighted by atomic mass is 16.5. The molecule has 1 heterocycles. The Labute approximate surface area is 362 Å². The summed E-state index contributed by atoms with van der Waals surface area (Å²) in [5, 5.41) is 2.35. The molecule has 0 amide bonds. The molecule has 0 bridgehead atoms. The molecule has 1 aliphatic carbocycles. The van der Waals surface area contributed by atoms with Gasteiger partial charge in [0.15, 0.2) is 0 Å². The van der Waals surface area contributed by atoms with Crippen molar-refractivity contribution in [3.63, 3.8) is 0 Å². The van der Waals surface area contributed by atoms with Gasteiger partial charge in [-0.1, -0.05) is 176 Å². The van der Waals surface area contributed by atoms with Gasteiger partial charge >= 0.3 is 0 Å². The molecule has 62 heavy (non-hydrogen) atoms. The van der Waals surface area contributed by atoms with Crippen molar-refractivity contribution in [1.29, 1.82) is 0 Å². The minimum absolute atomic E-state index is 0.320. The van der Waals surface area contributed by atoms with Gasteiger partial charge in [0.25, 0.3) is 0 Å². The molecular formula is C60H41NO. The van der Waals surface area contributed by atoms with Crippen LogP contribution in [0.4, 0.5) is 17.1 Å². The van der Waals surface area contributed by atoms with Crippen molar-refractivity contribution in [2.75, 3.05) is 4.90 Å². The molecule has 12 rings (SSSR count). The zero-order valence-electron chi connectivity index (χ0n) is 34.3. The fourth-order valence-corrected chi connectivity index (χ4v) is 10.0. The minimum atomic E-state index is -0.320. The Kier molecular flexibility index (Phi) is 8.33. The van der Waals surface area contributed by atoms with Crippen LogP contribution >= 0.6 is 0 Å². The highest BCUT2D eigenvalue weighted by molar-refractivity contribution is 6.04. The molecule has 0 unspecified atom stereocenters. The van der Waals surface area contributed by atoms with Crippen molar-refractivity contribution < 1.29 is 4.74 Å². The molecule has 0 radical (unpaired) electrons. The molecule has 0 fully saturated rings. The fraction of sp³-hybridized carbons (Fsp3) is 0.0333. The Morgan fingerprint density at radius 2 is 0.855 bits per heavy atom. The van der Waals surface area contributed by atoms with Crippen LogP contribution in [0.1, 0.15) is 23.6 Å². The molecule has 10 aromatic carbocycles. The maximum Gasteiger partial charge on any atom is 0.135 e. The summed E-state index contributed by atoms with van der Waals surface area (Å²) >= 11 is 0. The Bertz CT molecular complexity index is 3280. The van der Waals surface area contributed by atoms with E-state index in [2.05, 4.69) is 242 Å². The topological polar surface area (TPSA) is 12.5 Å². The maximum absolute atomic E-state index is 6.48. The van der Waals surface area contributed by atoms with Crippen LogP contribution in [0.25, 0.3) is 66.4 Å². The largest absolute Gasteiger partial charge is 0.456 e. The number of rotatable bonds is 7. The Morgan fingerprint density at radius 1 is 0.339 bits per heavy atom. The van der Waals surface area contributed by atoms with Crippen LogP contribution in [0, 0.1) is 0 Å². The lowest BCUT2D eigenvalue weighted by Gasteiger charge is -2.31. The van der Waals surface area contributed by atoms with Crippen molar-refractivity contribution in [1.82, 2.24) is 0 Å². The summed E-state index contributed by atoms with van der Waals surface area (Å²) in [6.45, 7) is 2.39. The summed E-state index contributed by atoms with van der Waals surface area (Å²) < 4.78 is 6.48. The number of hydrogen-bond acceptors (Lipinski definition) is 2. The van der Waals surface area contributed by atoms with Gasteiger partial charge in [0.2, 0.25) is 0 Å². The zero-order valence-corrected chi connectivity index (χ0v) is 34.3. The molecule has 0 N–H and O–H groups in total. The lowest BCUT2D eigenvalue weighted by atomic mass is 9.74. The molecular weight excluding hydrogens is 751 g/mol. The number of benzene rings is 10. The van der Waals surface area contributed by atoms with Crippen molar-refractivity contribution in [2.24, 2.45) is 0 Å². The second kappa shape index (κ2) is 14.4. The lowest BCUT2D eigenvalue weighted by molar-refractivity contribution is 0.487. The zero-order chi connectivity index (χ0) is 41.2. The first-order valence-electron chi connectivity index (χ1n) is 21.4. The van der Waals surface area contributed by atoms with E-state index in [4.69, 9.17) is 4.74 Å². The van der Waals surface area contributed by atoms with Crippen LogP contribution in [0.5, 0.6) is 11.5 Å². The smallest absolute Gasteiger partial charge is 0.135 e. The minimum Gasteiger partial charge on any atom is -0.456 e. The number of nitrogens with zero attached hydrogens (tertiary/aromatic N) is 1.